The van der Waals surface area contributed by atoms with E-state index in [2.05, 4.69) is 6.07 Å². The van der Waals surface area contributed by atoms with E-state index in [4.69, 9.17) is 5.73 Å². The molecule has 0 unspecified atom stereocenters. The van der Waals surface area contributed by atoms with Crippen LogP contribution in [0.3, 0.4) is 0 Å². The first-order chi connectivity index (χ1) is 8.27. The maximum atomic E-state index is 12.1. The first-order valence-corrected chi connectivity index (χ1v) is 6.39. The van der Waals surface area contributed by atoms with E-state index in [0.717, 1.165) is 31.5 Å². The normalized spacial score (nSPS) is 14.6. The summed E-state index contributed by atoms with van der Waals surface area (Å²) < 4.78 is 0. The van der Waals surface area contributed by atoms with Gasteiger partial charge in [0.1, 0.15) is 0 Å². The Morgan fingerprint density at radius 3 is 3.00 bits per heavy atom. The number of carbonyl (C=O) groups is 1. The predicted molar refractivity (Wildman–Crippen MR) is 69.9 cm³/mol. The zero-order valence-electron chi connectivity index (χ0n) is 10.4. The number of fused-ring (bicyclic) bond motifs is 1. The molecule has 0 saturated carbocycles. The summed E-state index contributed by atoms with van der Waals surface area (Å²) in [7, 11) is 0. The Labute approximate surface area is 103 Å². The molecule has 92 valence electrons. The van der Waals surface area contributed by atoms with Gasteiger partial charge in [0.2, 0.25) is 5.91 Å². The Kier molecular flexibility index (Phi) is 3.79. The lowest BCUT2D eigenvalue weighted by Crippen LogP contribution is -2.35. The van der Waals surface area contributed by atoms with Crippen molar-refractivity contribution in [1.82, 2.24) is 0 Å². The van der Waals surface area contributed by atoms with Crippen LogP contribution in [0.2, 0.25) is 0 Å². The number of hydrogen-bond donors (Lipinski definition) is 1. The van der Waals surface area contributed by atoms with Crippen LogP contribution < -0.4 is 10.6 Å². The SMILES string of the molecule is CCCC(=O)N1CCCc2c(CN)cccc21. The van der Waals surface area contributed by atoms with Crippen LogP contribution >= 0.6 is 0 Å². The predicted octanol–water partition coefficient (Wildman–Crippen LogP) is 2.22. The molecule has 1 amide bonds. The van der Waals surface area contributed by atoms with Crippen molar-refractivity contribution in [1.29, 1.82) is 0 Å². The topological polar surface area (TPSA) is 46.3 Å². The minimum absolute atomic E-state index is 0.239. The molecule has 0 saturated heterocycles. The lowest BCUT2D eigenvalue weighted by molar-refractivity contribution is -0.118. The van der Waals surface area contributed by atoms with E-state index in [-0.39, 0.29) is 5.91 Å². The summed E-state index contributed by atoms with van der Waals surface area (Å²) in [5.74, 6) is 0.239. The molecule has 17 heavy (non-hydrogen) atoms. The molecule has 2 N–H and O–H groups in total. The summed E-state index contributed by atoms with van der Waals surface area (Å²) in [6, 6.07) is 6.10. The van der Waals surface area contributed by atoms with Gasteiger partial charge in [0.15, 0.2) is 0 Å². The Morgan fingerprint density at radius 2 is 2.29 bits per heavy atom. The minimum atomic E-state index is 0.239. The van der Waals surface area contributed by atoms with Crippen LogP contribution in [-0.2, 0) is 17.8 Å². The third-order valence-corrected chi connectivity index (χ3v) is 3.33. The van der Waals surface area contributed by atoms with Gasteiger partial charge in [-0.15, -0.1) is 0 Å². The number of nitrogens with zero attached hydrogens (tertiary/aromatic N) is 1. The van der Waals surface area contributed by atoms with Crippen LogP contribution in [0.5, 0.6) is 0 Å². The summed E-state index contributed by atoms with van der Waals surface area (Å²) in [4.78, 5) is 14.0. The van der Waals surface area contributed by atoms with Gasteiger partial charge in [0.25, 0.3) is 0 Å². The van der Waals surface area contributed by atoms with Crippen molar-refractivity contribution in [2.45, 2.75) is 39.2 Å². The molecule has 1 aliphatic rings. The van der Waals surface area contributed by atoms with Crippen LogP contribution in [0.1, 0.15) is 37.3 Å². The summed E-state index contributed by atoms with van der Waals surface area (Å²) in [6.07, 6.45) is 3.62. The highest BCUT2D eigenvalue weighted by atomic mass is 16.2. The molecule has 1 aromatic carbocycles. The second-order valence-corrected chi connectivity index (χ2v) is 4.52. The van der Waals surface area contributed by atoms with Crippen LogP contribution in [0, 0.1) is 0 Å². The summed E-state index contributed by atoms with van der Waals surface area (Å²) in [6.45, 7) is 3.44. The number of amides is 1. The highest BCUT2D eigenvalue weighted by Crippen LogP contribution is 2.30. The van der Waals surface area contributed by atoms with E-state index in [0.29, 0.717) is 13.0 Å². The first kappa shape index (κ1) is 12.1. The first-order valence-electron chi connectivity index (χ1n) is 6.39. The molecule has 0 spiro atoms. The van der Waals surface area contributed by atoms with E-state index in [1.54, 1.807) is 0 Å². The van der Waals surface area contributed by atoms with E-state index in [1.807, 2.05) is 24.0 Å². The van der Waals surface area contributed by atoms with Gasteiger partial charge in [0.05, 0.1) is 0 Å². The van der Waals surface area contributed by atoms with Crippen molar-refractivity contribution in [2.24, 2.45) is 5.73 Å². The number of carbonyl (C=O) groups excluding carboxylic acids is 1. The Hall–Kier alpha value is -1.35. The van der Waals surface area contributed by atoms with Gasteiger partial charge in [-0.25, -0.2) is 0 Å². The van der Waals surface area contributed by atoms with Crippen molar-refractivity contribution in [3.05, 3.63) is 29.3 Å². The molecule has 0 aliphatic carbocycles. The largest absolute Gasteiger partial charge is 0.326 e. The highest BCUT2D eigenvalue weighted by molar-refractivity contribution is 5.94. The van der Waals surface area contributed by atoms with Gasteiger partial charge in [-0.3, -0.25) is 4.79 Å². The van der Waals surface area contributed by atoms with Crippen LogP contribution in [0.25, 0.3) is 0 Å². The molecule has 1 aliphatic heterocycles. The average molecular weight is 232 g/mol. The van der Waals surface area contributed by atoms with E-state index < -0.39 is 0 Å². The summed E-state index contributed by atoms with van der Waals surface area (Å²) >= 11 is 0. The molecule has 0 bridgehead atoms. The van der Waals surface area contributed by atoms with Gasteiger partial charge in [-0.2, -0.15) is 0 Å². The number of hydrogen-bond acceptors (Lipinski definition) is 2. The fourth-order valence-corrected chi connectivity index (χ4v) is 2.50. The quantitative estimate of drug-likeness (QED) is 0.868. The molecule has 2 rings (SSSR count). The fraction of sp³-hybridized carbons (Fsp3) is 0.500. The number of benzene rings is 1. The molecule has 0 atom stereocenters. The standard InChI is InChI=1S/C14H20N2O/c1-2-5-14(17)16-9-4-7-12-11(10-15)6-3-8-13(12)16/h3,6,8H,2,4-5,7,9-10,15H2,1H3. The van der Waals surface area contributed by atoms with E-state index in [1.165, 1.54) is 11.1 Å². The van der Waals surface area contributed by atoms with Gasteiger partial charge < -0.3 is 10.6 Å². The number of nitrogens with two attached hydrogens (primary N) is 1. The lowest BCUT2D eigenvalue weighted by atomic mass is 9.96. The van der Waals surface area contributed by atoms with E-state index in [9.17, 15) is 4.79 Å². The molecular formula is C14H20N2O. The molecule has 1 heterocycles. The van der Waals surface area contributed by atoms with Gasteiger partial charge >= 0.3 is 0 Å². The van der Waals surface area contributed by atoms with Gasteiger partial charge in [-0.1, -0.05) is 19.1 Å². The molecular weight excluding hydrogens is 212 g/mol. The van der Waals surface area contributed by atoms with Gasteiger partial charge in [0, 0.05) is 25.2 Å². The van der Waals surface area contributed by atoms with Crippen LogP contribution in [-0.4, -0.2) is 12.5 Å². The Balaban J connectivity index is 2.34. The molecule has 0 fully saturated rings. The van der Waals surface area contributed by atoms with E-state index >= 15 is 0 Å². The second-order valence-electron chi connectivity index (χ2n) is 4.52. The van der Waals surface area contributed by atoms with Crippen molar-refractivity contribution < 1.29 is 4.79 Å². The lowest BCUT2D eigenvalue weighted by Gasteiger charge is -2.30. The maximum absolute atomic E-state index is 12.1. The molecule has 1 aromatic rings. The Bertz CT molecular complexity index is 415. The van der Waals surface area contributed by atoms with Crippen LogP contribution in [0.15, 0.2) is 18.2 Å². The van der Waals surface area contributed by atoms with Crippen LogP contribution in [0.4, 0.5) is 5.69 Å². The maximum Gasteiger partial charge on any atom is 0.226 e. The van der Waals surface area contributed by atoms with Crippen molar-refractivity contribution in [2.75, 3.05) is 11.4 Å². The number of anilines is 1. The van der Waals surface area contributed by atoms with Crippen molar-refractivity contribution >= 4 is 11.6 Å². The van der Waals surface area contributed by atoms with Crippen molar-refractivity contribution in [3.8, 4) is 0 Å². The second kappa shape index (κ2) is 5.32. The Morgan fingerprint density at radius 1 is 1.47 bits per heavy atom. The summed E-state index contributed by atoms with van der Waals surface area (Å²) in [5.41, 5.74) is 9.28. The van der Waals surface area contributed by atoms with Crippen molar-refractivity contribution in [3.63, 3.8) is 0 Å². The third-order valence-electron chi connectivity index (χ3n) is 3.33. The summed E-state index contributed by atoms with van der Waals surface area (Å²) in [5, 5.41) is 0. The third kappa shape index (κ3) is 2.34. The van der Waals surface area contributed by atoms with Gasteiger partial charge in [-0.05, 0) is 36.5 Å². The average Bonchev–Trinajstić information content (AvgIpc) is 2.37. The zero-order valence-corrected chi connectivity index (χ0v) is 10.4. The molecule has 0 radical (unpaired) electrons. The molecule has 3 heteroatoms. The monoisotopic (exact) mass is 232 g/mol. The smallest absolute Gasteiger partial charge is 0.226 e. The molecule has 0 aromatic heterocycles. The fourth-order valence-electron chi connectivity index (χ4n) is 2.50. The highest BCUT2D eigenvalue weighted by Gasteiger charge is 2.22. The molecule has 3 nitrogen and oxygen atoms in total. The zero-order chi connectivity index (χ0) is 12.3. The number of rotatable bonds is 3. The minimum Gasteiger partial charge on any atom is -0.326 e.